The molecule has 1 N–H and O–H groups in total. The van der Waals surface area contributed by atoms with Gasteiger partial charge in [0.15, 0.2) is 0 Å². The zero-order valence-electron chi connectivity index (χ0n) is 14.2. The van der Waals surface area contributed by atoms with E-state index < -0.39 is 17.6 Å². The molecule has 0 aliphatic heterocycles. The Hall–Kier alpha value is -2.71. The summed E-state index contributed by atoms with van der Waals surface area (Å²) in [5.41, 5.74) is 1.19. The number of ether oxygens (including phenoxy) is 1. The summed E-state index contributed by atoms with van der Waals surface area (Å²) >= 11 is 1.11. The summed E-state index contributed by atoms with van der Waals surface area (Å²) in [6.07, 6.45) is -4.43. The molecule has 0 aliphatic carbocycles. The molecular weight excluding hydrogens is 377 g/mol. The average Bonchev–Trinajstić information content (AvgIpc) is 3.12. The van der Waals surface area contributed by atoms with E-state index in [4.69, 9.17) is 4.74 Å². The first kappa shape index (κ1) is 19.1. The fourth-order valence-electron chi connectivity index (χ4n) is 2.44. The lowest BCUT2D eigenvalue weighted by Crippen LogP contribution is -2.12. The number of amides is 1. The van der Waals surface area contributed by atoms with Crippen LogP contribution in [-0.2, 0) is 17.5 Å². The van der Waals surface area contributed by atoms with Crippen LogP contribution in [0.4, 0.5) is 18.9 Å². The van der Waals surface area contributed by atoms with Gasteiger partial charge in [0, 0.05) is 23.7 Å². The van der Waals surface area contributed by atoms with Crippen LogP contribution in [0, 0.1) is 0 Å². The van der Waals surface area contributed by atoms with Crippen molar-refractivity contribution in [2.75, 3.05) is 12.4 Å². The molecule has 1 heterocycles. The first-order valence-corrected chi connectivity index (χ1v) is 8.77. The first-order chi connectivity index (χ1) is 12.9. The number of alkyl halides is 3. The summed E-state index contributed by atoms with van der Waals surface area (Å²) in [5.74, 6) is -0.431. The highest BCUT2D eigenvalue weighted by atomic mass is 32.1. The fourth-order valence-corrected chi connectivity index (χ4v) is 3.24. The van der Waals surface area contributed by atoms with Gasteiger partial charge in [0.05, 0.1) is 12.2 Å². The highest BCUT2D eigenvalue weighted by Crippen LogP contribution is 2.33. The van der Waals surface area contributed by atoms with E-state index in [2.05, 4.69) is 10.3 Å². The van der Waals surface area contributed by atoms with Crippen LogP contribution >= 0.6 is 11.3 Å². The monoisotopic (exact) mass is 392 g/mol. The van der Waals surface area contributed by atoms with Crippen LogP contribution < -0.4 is 5.32 Å². The molecule has 1 aromatic heterocycles. The van der Waals surface area contributed by atoms with Gasteiger partial charge in [-0.15, -0.1) is 11.3 Å². The number of hydrogen-bond donors (Lipinski definition) is 1. The summed E-state index contributed by atoms with van der Waals surface area (Å²) in [6, 6.07) is 12.0. The van der Waals surface area contributed by atoms with Crippen LogP contribution in [-0.4, -0.2) is 18.0 Å². The topological polar surface area (TPSA) is 51.2 Å². The number of methoxy groups -OCH3 is 1. The minimum Gasteiger partial charge on any atom is -0.380 e. The second-order valence-electron chi connectivity index (χ2n) is 5.70. The lowest BCUT2D eigenvalue weighted by Gasteiger charge is -2.07. The zero-order chi connectivity index (χ0) is 19.4. The largest absolute Gasteiger partial charge is 0.416 e. The number of halogens is 3. The molecule has 27 heavy (non-hydrogen) atoms. The number of nitrogens with zero attached hydrogens (tertiary/aromatic N) is 1. The van der Waals surface area contributed by atoms with Gasteiger partial charge in [-0.25, -0.2) is 4.98 Å². The Bertz CT molecular complexity index is 954. The summed E-state index contributed by atoms with van der Waals surface area (Å²) in [5, 5.41) is 4.59. The lowest BCUT2D eigenvalue weighted by molar-refractivity contribution is -0.137. The Kier molecular flexibility index (Phi) is 5.57. The standard InChI is InChI=1S/C19H15F3N2O2S/c1-26-10-12-4-2-7-15(8-12)23-17(25)16-11-27-18(24-16)13-5-3-6-14(9-13)19(20,21)22/h2-9,11H,10H2,1H3,(H,23,25). The third-order valence-corrected chi connectivity index (χ3v) is 4.56. The number of carbonyl (C=O) groups excluding carboxylic acids is 1. The van der Waals surface area contributed by atoms with E-state index in [0.717, 1.165) is 29.0 Å². The van der Waals surface area contributed by atoms with Crippen LogP contribution in [0.2, 0.25) is 0 Å². The molecule has 0 bridgehead atoms. The minimum absolute atomic E-state index is 0.143. The highest BCUT2D eigenvalue weighted by Gasteiger charge is 2.30. The minimum atomic E-state index is -4.43. The number of hydrogen-bond acceptors (Lipinski definition) is 4. The van der Waals surface area contributed by atoms with E-state index in [1.54, 1.807) is 25.3 Å². The van der Waals surface area contributed by atoms with E-state index in [-0.39, 0.29) is 5.69 Å². The highest BCUT2D eigenvalue weighted by molar-refractivity contribution is 7.13. The summed E-state index contributed by atoms with van der Waals surface area (Å²) in [7, 11) is 1.58. The van der Waals surface area contributed by atoms with E-state index in [1.807, 2.05) is 6.07 Å². The van der Waals surface area contributed by atoms with Crippen LogP contribution in [0.15, 0.2) is 53.9 Å². The predicted molar refractivity (Wildman–Crippen MR) is 97.7 cm³/mol. The normalized spacial score (nSPS) is 11.4. The summed E-state index contributed by atoms with van der Waals surface area (Å²) < 4.78 is 43.6. The molecule has 1 amide bonds. The van der Waals surface area contributed by atoms with E-state index in [0.29, 0.717) is 22.9 Å². The quantitative estimate of drug-likeness (QED) is 0.647. The number of carbonyl (C=O) groups is 1. The number of rotatable bonds is 5. The average molecular weight is 392 g/mol. The number of anilines is 1. The predicted octanol–water partition coefficient (Wildman–Crippen LogP) is 5.23. The SMILES string of the molecule is COCc1cccc(NC(=O)c2csc(-c3cccc(C(F)(F)F)c3)n2)c1. The van der Waals surface area contributed by atoms with Crippen molar-refractivity contribution in [3.8, 4) is 10.6 Å². The zero-order valence-corrected chi connectivity index (χ0v) is 15.0. The molecule has 8 heteroatoms. The third-order valence-electron chi connectivity index (χ3n) is 3.67. The molecule has 2 aromatic carbocycles. The van der Waals surface area contributed by atoms with Gasteiger partial charge in [0.25, 0.3) is 5.91 Å². The number of thiazole rings is 1. The van der Waals surface area contributed by atoms with Crippen LogP contribution in [0.5, 0.6) is 0 Å². The molecule has 140 valence electrons. The van der Waals surface area contributed by atoms with Gasteiger partial charge in [-0.3, -0.25) is 4.79 Å². The smallest absolute Gasteiger partial charge is 0.380 e. The van der Waals surface area contributed by atoms with Gasteiger partial charge < -0.3 is 10.1 Å². The maximum atomic E-state index is 12.9. The second kappa shape index (κ2) is 7.89. The lowest BCUT2D eigenvalue weighted by atomic mass is 10.1. The van der Waals surface area contributed by atoms with E-state index in [1.165, 1.54) is 17.5 Å². The van der Waals surface area contributed by atoms with Crippen LogP contribution in [0.25, 0.3) is 10.6 Å². The van der Waals surface area contributed by atoms with Crippen molar-refractivity contribution >= 4 is 22.9 Å². The number of aromatic nitrogens is 1. The maximum Gasteiger partial charge on any atom is 0.416 e. The molecule has 3 rings (SSSR count). The Morgan fingerprint density at radius 1 is 1.19 bits per heavy atom. The molecule has 0 aliphatic rings. The summed E-state index contributed by atoms with van der Waals surface area (Å²) in [4.78, 5) is 16.5. The fraction of sp³-hybridized carbons (Fsp3) is 0.158. The molecule has 0 saturated carbocycles. The van der Waals surface area contributed by atoms with Gasteiger partial charge >= 0.3 is 6.18 Å². The second-order valence-corrected chi connectivity index (χ2v) is 6.56. The van der Waals surface area contributed by atoms with Crippen LogP contribution in [0.3, 0.4) is 0 Å². The van der Waals surface area contributed by atoms with Crippen molar-refractivity contribution in [2.45, 2.75) is 12.8 Å². The van der Waals surface area contributed by atoms with Crippen molar-refractivity contribution in [2.24, 2.45) is 0 Å². The molecule has 4 nitrogen and oxygen atoms in total. The molecule has 0 saturated heterocycles. The molecule has 3 aromatic rings. The van der Waals surface area contributed by atoms with Crippen molar-refractivity contribution in [3.05, 3.63) is 70.7 Å². The van der Waals surface area contributed by atoms with Crippen molar-refractivity contribution in [1.29, 1.82) is 0 Å². The molecule has 0 radical (unpaired) electrons. The Labute approximate surface area is 157 Å². The molecule has 0 fully saturated rings. The molecular formula is C19H15F3N2O2S. The molecule has 0 spiro atoms. The molecule has 0 unspecified atom stereocenters. The Morgan fingerprint density at radius 2 is 1.96 bits per heavy atom. The maximum absolute atomic E-state index is 12.9. The first-order valence-electron chi connectivity index (χ1n) is 7.89. The van der Waals surface area contributed by atoms with Gasteiger partial charge in [-0.1, -0.05) is 24.3 Å². The number of benzene rings is 2. The summed E-state index contributed by atoms with van der Waals surface area (Å²) in [6.45, 7) is 0.417. The van der Waals surface area contributed by atoms with E-state index in [9.17, 15) is 18.0 Å². The van der Waals surface area contributed by atoms with Crippen molar-refractivity contribution < 1.29 is 22.7 Å². The van der Waals surface area contributed by atoms with Gasteiger partial charge in [-0.2, -0.15) is 13.2 Å². The van der Waals surface area contributed by atoms with Crippen molar-refractivity contribution in [3.63, 3.8) is 0 Å². The number of nitrogens with one attached hydrogen (secondary N) is 1. The van der Waals surface area contributed by atoms with Gasteiger partial charge in [-0.05, 0) is 29.8 Å². The van der Waals surface area contributed by atoms with E-state index >= 15 is 0 Å². The van der Waals surface area contributed by atoms with Gasteiger partial charge in [0.2, 0.25) is 0 Å². The Morgan fingerprint density at radius 3 is 2.70 bits per heavy atom. The Balaban J connectivity index is 1.77. The van der Waals surface area contributed by atoms with Crippen LogP contribution in [0.1, 0.15) is 21.6 Å². The van der Waals surface area contributed by atoms with Gasteiger partial charge in [0.1, 0.15) is 10.7 Å². The molecule has 0 atom stereocenters. The third kappa shape index (κ3) is 4.72. The van der Waals surface area contributed by atoms with Crippen molar-refractivity contribution in [1.82, 2.24) is 4.98 Å².